The van der Waals surface area contributed by atoms with E-state index in [9.17, 15) is 4.79 Å². The van der Waals surface area contributed by atoms with Gasteiger partial charge in [-0.3, -0.25) is 0 Å². The van der Waals surface area contributed by atoms with Gasteiger partial charge in [0.05, 0.1) is 6.61 Å². The fourth-order valence-electron chi connectivity index (χ4n) is 0.207. The van der Waals surface area contributed by atoms with Crippen LogP contribution in [0.4, 0.5) is 0 Å². The number of ether oxygens (including phenoxy) is 1. The number of rotatable bonds is 2. The Kier molecular flexibility index (Phi) is 11.0. The molecule has 0 rings (SSSR count). The van der Waals surface area contributed by atoms with Crippen molar-refractivity contribution in [3.05, 3.63) is 0 Å². The zero-order valence-corrected chi connectivity index (χ0v) is 7.09. The average molecular weight is 144 g/mol. The Morgan fingerprint density at radius 3 is 2.38 bits per heavy atom. The van der Waals surface area contributed by atoms with Crippen molar-refractivity contribution in [3.8, 4) is 0 Å². The predicted octanol–water partition coefficient (Wildman–Crippen LogP) is -0.839. The second kappa shape index (κ2) is 7.69. The molecule has 0 aliphatic heterocycles. The molecule has 0 aromatic heterocycles. The van der Waals surface area contributed by atoms with Crippen molar-refractivity contribution >= 4 is 43.7 Å². The number of aliphatic hydroxyl groups is 1. The molecule has 44 valence electrons. The molecule has 0 unspecified atom stereocenters. The third-order valence-corrected chi connectivity index (χ3v) is 0.434. The summed E-state index contributed by atoms with van der Waals surface area (Å²) < 4.78 is 4.30. The van der Waals surface area contributed by atoms with Gasteiger partial charge in [0.15, 0.2) is 0 Å². The Bertz CT molecular complexity index is 64.3. The number of carbonyl (C=O) groups is 1. The molecule has 0 saturated carbocycles. The van der Waals surface area contributed by atoms with Crippen LogP contribution in [0.2, 0.25) is 0 Å². The summed E-state index contributed by atoms with van der Waals surface area (Å²) in [6.07, 6.45) is 0. The quantitative estimate of drug-likeness (QED) is 0.406. The molecule has 0 bridgehead atoms. The molecule has 8 heavy (non-hydrogen) atoms. The van der Waals surface area contributed by atoms with Crippen LogP contribution < -0.4 is 0 Å². The molecule has 0 spiro atoms. The van der Waals surface area contributed by atoms with E-state index in [4.69, 9.17) is 5.11 Å². The van der Waals surface area contributed by atoms with Crippen molar-refractivity contribution in [1.82, 2.24) is 0 Å². The zero-order chi connectivity index (χ0) is 5.70. The Hall–Kier alpha value is 0.690. The maximum atomic E-state index is 9.94. The monoisotopic (exact) mass is 144 g/mol. The second-order valence-corrected chi connectivity index (χ2v) is 0.963. The van der Waals surface area contributed by atoms with Gasteiger partial charge in [-0.2, -0.15) is 0 Å². The molecule has 0 aromatic rings. The van der Waals surface area contributed by atoms with E-state index in [-0.39, 0.29) is 37.7 Å². The molecule has 0 saturated heterocycles. The molecule has 0 amide bonds. The number of hydrogen-bond donors (Lipinski definition) is 1. The molecule has 1 N–H and O–H groups in total. The minimum Gasteiger partial charge on any atom is -0.464 e. The normalized spacial score (nSPS) is 7.25. The molecule has 0 aromatic carbocycles. The summed E-state index contributed by atoms with van der Waals surface area (Å²) in [5.74, 6) is -0.567. The fourth-order valence-corrected chi connectivity index (χ4v) is 0.207. The minimum atomic E-state index is -0.567. The van der Waals surface area contributed by atoms with Gasteiger partial charge in [0.2, 0.25) is 0 Å². The van der Waals surface area contributed by atoms with Gasteiger partial charge in [-0.05, 0) is 6.92 Å². The van der Waals surface area contributed by atoms with Gasteiger partial charge in [-0.25, -0.2) is 4.79 Å². The standard InChI is InChI=1S/C4H8O3.Ca/c1-2-7-4(6)3-5;/h5H,2-3H2,1H3;. The van der Waals surface area contributed by atoms with Gasteiger partial charge in [-0.1, -0.05) is 0 Å². The van der Waals surface area contributed by atoms with Crippen LogP contribution in [0.15, 0.2) is 0 Å². The van der Waals surface area contributed by atoms with Crippen molar-refractivity contribution < 1.29 is 14.6 Å². The van der Waals surface area contributed by atoms with Gasteiger partial charge in [-0.15, -0.1) is 0 Å². The van der Waals surface area contributed by atoms with E-state index in [1.54, 1.807) is 6.92 Å². The molecule has 0 atom stereocenters. The van der Waals surface area contributed by atoms with Gasteiger partial charge in [0.1, 0.15) is 6.61 Å². The second-order valence-electron chi connectivity index (χ2n) is 0.963. The molecule has 0 heterocycles. The smallest absolute Gasteiger partial charge is 0.331 e. The summed E-state index contributed by atoms with van der Waals surface area (Å²) in [6, 6.07) is 0. The van der Waals surface area contributed by atoms with Gasteiger partial charge >= 0.3 is 5.97 Å². The number of esters is 1. The van der Waals surface area contributed by atoms with Crippen LogP contribution in [0, 0.1) is 0 Å². The molecule has 3 nitrogen and oxygen atoms in total. The third-order valence-electron chi connectivity index (χ3n) is 0.434. The molecule has 0 fully saturated rings. The van der Waals surface area contributed by atoms with E-state index in [0.717, 1.165) is 0 Å². The molecule has 0 aliphatic rings. The Labute approximate surface area is 78.0 Å². The summed E-state index contributed by atoms with van der Waals surface area (Å²) in [5.41, 5.74) is 0. The van der Waals surface area contributed by atoms with E-state index in [1.807, 2.05) is 0 Å². The maximum absolute atomic E-state index is 9.94. The number of aliphatic hydroxyl groups excluding tert-OH is 1. The first-order valence-corrected chi connectivity index (χ1v) is 2.07. The minimum absolute atomic E-state index is 0. The van der Waals surface area contributed by atoms with Crippen molar-refractivity contribution in [1.29, 1.82) is 0 Å². The number of hydrogen-bond acceptors (Lipinski definition) is 3. The first-order chi connectivity index (χ1) is 3.31. The van der Waals surface area contributed by atoms with Crippen molar-refractivity contribution in [3.63, 3.8) is 0 Å². The summed E-state index contributed by atoms with van der Waals surface area (Å²) in [4.78, 5) is 9.94. The van der Waals surface area contributed by atoms with Crippen LogP contribution in [-0.2, 0) is 9.53 Å². The SMILES string of the molecule is CCOC(=O)CO.[Ca]. The van der Waals surface area contributed by atoms with Crippen LogP contribution in [0.3, 0.4) is 0 Å². The maximum Gasteiger partial charge on any atom is 0.331 e. The Morgan fingerprint density at radius 1 is 1.75 bits per heavy atom. The number of carbonyl (C=O) groups excluding carboxylic acids is 1. The van der Waals surface area contributed by atoms with Crippen LogP contribution in [0.25, 0.3) is 0 Å². The van der Waals surface area contributed by atoms with E-state index >= 15 is 0 Å². The molecule has 2 radical (unpaired) electrons. The first-order valence-electron chi connectivity index (χ1n) is 2.07. The summed E-state index contributed by atoms with van der Waals surface area (Å²) in [7, 11) is 0. The predicted molar refractivity (Wildman–Crippen MR) is 29.5 cm³/mol. The average Bonchev–Trinajstić information content (AvgIpc) is 1.68. The Balaban J connectivity index is 0. The Morgan fingerprint density at radius 2 is 2.25 bits per heavy atom. The molecule has 4 heteroatoms. The van der Waals surface area contributed by atoms with Crippen molar-refractivity contribution in [2.24, 2.45) is 0 Å². The van der Waals surface area contributed by atoms with Gasteiger partial charge in [0.25, 0.3) is 0 Å². The van der Waals surface area contributed by atoms with E-state index in [2.05, 4.69) is 4.74 Å². The largest absolute Gasteiger partial charge is 0.464 e. The topological polar surface area (TPSA) is 46.5 Å². The van der Waals surface area contributed by atoms with Gasteiger partial charge in [0, 0.05) is 37.7 Å². The van der Waals surface area contributed by atoms with Crippen LogP contribution in [0.1, 0.15) is 6.92 Å². The summed E-state index contributed by atoms with van der Waals surface area (Å²) in [6.45, 7) is 1.50. The molecule has 0 aliphatic carbocycles. The van der Waals surface area contributed by atoms with E-state index < -0.39 is 12.6 Å². The van der Waals surface area contributed by atoms with Crippen molar-refractivity contribution in [2.75, 3.05) is 13.2 Å². The van der Waals surface area contributed by atoms with Crippen LogP contribution >= 0.6 is 0 Å². The molecular weight excluding hydrogens is 136 g/mol. The van der Waals surface area contributed by atoms with Crippen LogP contribution in [0.5, 0.6) is 0 Å². The van der Waals surface area contributed by atoms with Crippen LogP contribution in [-0.4, -0.2) is 62.0 Å². The molecular formula is C4H8CaO3. The van der Waals surface area contributed by atoms with E-state index in [1.165, 1.54) is 0 Å². The summed E-state index contributed by atoms with van der Waals surface area (Å²) in [5, 5.41) is 7.99. The zero-order valence-electron chi connectivity index (χ0n) is 4.89. The van der Waals surface area contributed by atoms with Crippen molar-refractivity contribution in [2.45, 2.75) is 6.92 Å². The summed E-state index contributed by atoms with van der Waals surface area (Å²) >= 11 is 0. The fraction of sp³-hybridized carbons (Fsp3) is 0.750. The van der Waals surface area contributed by atoms with Gasteiger partial charge < -0.3 is 9.84 Å². The first kappa shape index (κ1) is 11.5. The third kappa shape index (κ3) is 6.69. The van der Waals surface area contributed by atoms with E-state index in [0.29, 0.717) is 6.61 Å².